The van der Waals surface area contributed by atoms with Gasteiger partial charge in [0.25, 0.3) is 11.8 Å². The number of aryl methyl sites for hydroxylation is 4. The number of hydrogen-bond acceptors (Lipinski definition) is 7. The molecule has 1 spiro atoms. The summed E-state index contributed by atoms with van der Waals surface area (Å²) in [6.07, 6.45) is 11.6. The third-order valence-electron chi connectivity index (χ3n) is 13.0. The summed E-state index contributed by atoms with van der Waals surface area (Å²) < 4.78 is 36.8. The Morgan fingerprint density at radius 3 is 2.62 bits per heavy atom. The van der Waals surface area contributed by atoms with Gasteiger partial charge in [0.1, 0.15) is 15.7 Å². The van der Waals surface area contributed by atoms with Crippen molar-refractivity contribution in [1.29, 1.82) is 0 Å². The second-order valence-corrected chi connectivity index (χ2v) is 19.6. The van der Waals surface area contributed by atoms with E-state index in [9.17, 15) is 9.59 Å². The number of carbonyl (C=O) groups is 2. The van der Waals surface area contributed by atoms with E-state index in [1.807, 2.05) is 25.1 Å². The molecule has 1 N–H and O–H groups in total. The maximum Gasteiger partial charge on any atom is 0.286 e. The largest absolute Gasteiger partial charge is 0.490 e. The van der Waals surface area contributed by atoms with Gasteiger partial charge in [-0.1, -0.05) is 66.6 Å². The number of halogens is 1. The first-order chi connectivity index (χ1) is 27.8. The molecule has 2 amide bonds. The van der Waals surface area contributed by atoms with Gasteiger partial charge in [0.05, 0.1) is 35.4 Å². The number of nitrogens with one attached hydrogen (secondary N) is 1. The molecular formula is C46H54ClN5O5S. The van der Waals surface area contributed by atoms with Crippen LogP contribution in [0.3, 0.4) is 0 Å². The minimum Gasteiger partial charge on any atom is -0.490 e. The molecular weight excluding hydrogens is 770 g/mol. The van der Waals surface area contributed by atoms with Gasteiger partial charge in [-0.05, 0) is 123 Å². The second-order valence-electron chi connectivity index (χ2n) is 17.1. The van der Waals surface area contributed by atoms with Gasteiger partial charge in [0, 0.05) is 49.4 Å². The van der Waals surface area contributed by atoms with Gasteiger partial charge >= 0.3 is 0 Å². The first-order valence-corrected chi connectivity index (χ1v) is 22.6. The van der Waals surface area contributed by atoms with Gasteiger partial charge in [-0.2, -0.15) is 5.10 Å². The molecule has 2 unspecified atom stereocenters. The van der Waals surface area contributed by atoms with Crippen LogP contribution >= 0.6 is 11.6 Å². The number of amides is 2. The Morgan fingerprint density at radius 2 is 1.90 bits per heavy atom. The highest BCUT2D eigenvalue weighted by atomic mass is 35.5. The maximum atomic E-state index is 15.2. The van der Waals surface area contributed by atoms with E-state index in [2.05, 4.69) is 74.6 Å². The predicted octanol–water partition coefficient (Wildman–Crippen LogP) is 8.22. The van der Waals surface area contributed by atoms with Gasteiger partial charge in [0.2, 0.25) is 0 Å². The lowest BCUT2D eigenvalue weighted by molar-refractivity contribution is 0.0129. The van der Waals surface area contributed by atoms with Crippen LogP contribution in [0, 0.1) is 37.5 Å². The van der Waals surface area contributed by atoms with Crippen molar-refractivity contribution in [2.75, 3.05) is 37.5 Å². The molecule has 0 saturated heterocycles. The molecule has 1 fully saturated rings. The molecule has 7 atom stereocenters. The topological polar surface area (TPSA) is 115 Å². The van der Waals surface area contributed by atoms with Crippen molar-refractivity contribution in [3.8, 4) is 5.75 Å². The molecule has 12 heteroatoms. The van der Waals surface area contributed by atoms with E-state index >= 15 is 4.21 Å². The van der Waals surface area contributed by atoms with E-state index in [0.29, 0.717) is 36.9 Å². The number of allylic oxidation sites excluding steroid dienone is 1. The number of ether oxygens (including phenoxy) is 2. The van der Waals surface area contributed by atoms with Crippen LogP contribution in [0.1, 0.15) is 81.3 Å². The van der Waals surface area contributed by atoms with E-state index in [-0.39, 0.29) is 46.2 Å². The van der Waals surface area contributed by atoms with Gasteiger partial charge < -0.3 is 14.4 Å². The molecule has 2 bridgehead atoms. The standard InChI is InChI=1S/C46H54ClN5O5S/c1-29-8-10-32(11-9-29)21-33-13-18-42(56-5)38-16-12-36(38)24-52-27-46(20-6-7-34-22-37(47)15-17-40(34)46)28-57-43-19-14-35(23-41(43)52)44(53)49-58(55,26-30(33)2)50-45(54)39-25-51(4)48-31(39)3/h8-11,13-15,17-19,22-23,25,30,33,36,38,42H,6-7,12,16,20-21,24,26-28H2,1-5H3,(H,49,50,53,54,55)/b18-13+/t30-,33?,36+,38-,42+,46+,58?/m1/s1. The van der Waals surface area contributed by atoms with Crippen molar-refractivity contribution < 1.29 is 23.3 Å². The zero-order chi connectivity index (χ0) is 40.8. The summed E-state index contributed by atoms with van der Waals surface area (Å²) in [4.78, 5) is 30.6. The van der Waals surface area contributed by atoms with E-state index in [4.69, 9.17) is 21.1 Å². The lowest BCUT2D eigenvalue weighted by atomic mass is 9.68. The van der Waals surface area contributed by atoms with Crippen LogP contribution in [0.2, 0.25) is 5.02 Å². The highest BCUT2D eigenvalue weighted by molar-refractivity contribution is 7.92. The van der Waals surface area contributed by atoms with Gasteiger partial charge in [-0.25, -0.2) is 4.21 Å². The van der Waals surface area contributed by atoms with Crippen molar-refractivity contribution in [1.82, 2.24) is 14.5 Å². The zero-order valence-corrected chi connectivity index (χ0v) is 35.7. The number of methoxy groups -OCH3 is 1. The smallest absolute Gasteiger partial charge is 0.286 e. The lowest BCUT2D eigenvalue weighted by Crippen LogP contribution is -2.49. The Morgan fingerprint density at radius 1 is 1.09 bits per heavy atom. The lowest BCUT2D eigenvalue weighted by Gasteiger charge is -2.46. The number of anilines is 1. The third kappa shape index (κ3) is 8.23. The van der Waals surface area contributed by atoms with Gasteiger partial charge in [0.15, 0.2) is 0 Å². The molecule has 306 valence electrons. The average molecular weight is 824 g/mol. The number of carbonyl (C=O) groups excluding carboxylic acids is 2. The van der Waals surface area contributed by atoms with Gasteiger partial charge in [-0.15, -0.1) is 4.36 Å². The Balaban J connectivity index is 1.23. The van der Waals surface area contributed by atoms with E-state index in [0.717, 1.165) is 54.9 Å². The fourth-order valence-corrected chi connectivity index (χ4v) is 11.8. The third-order valence-corrected chi connectivity index (χ3v) is 15.2. The molecule has 4 aliphatic rings. The van der Waals surface area contributed by atoms with Crippen molar-refractivity contribution in [2.24, 2.45) is 35.1 Å². The predicted molar refractivity (Wildman–Crippen MR) is 229 cm³/mol. The van der Waals surface area contributed by atoms with Crippen LogP contribution in [0.25, 0.3) is 0 Å². The number of rotatable bonds is 5. The van der Waals surface area contributed by atoms with Crippen molar-refractivity contribution >= 4 is 39.0 Å². The van der Waals surface area contributed by atoms with Crippen LogP contribution in [-0.4, -0.2) is 64.5 Å². The molecule has 1 aromatic heterocycles. The van der Waals surface area contributed by atoms with Crippen LogP contribution in [-0.2, 0) is 40.0 Å². The summed E-state index contributed by atoms with van der Waals surface area (Å²) >= 11 is 6.51. The molecule has 3 heterocycles. The molecule has 10 nitrogen and oxygen atoms in total. The molecule has 58 heavy (non-hydrogen) atoms. The summed E-state index contributed by atoms with van der Waals surface area (Å²) in [5.41, 5.74) is 6.43. The number of hydrogen-bond donors (Lipinski definition) is 1. The van der Waals surface area contributed by atoms with Crippen LogP contribution < -0.4 is 14.4 Å². The molecule has 0 radical (unpaired) electrons. The number of nitrogens with zero attached hydrogens (tertiary/aromatic N) is 4. The Bertz CT molecular complexity index is 2370. The first kappa shape index (κ1) is 40.3. The van der Waals surface area contributed by atoms with Crippen LogP contribution in [0.5, 0.6) is 5.75 Å². The summed E-state index contributed by atoms with van der Waals surface area (Å²) in [6, 6.07) is 20.1. The van der Waals surface area contributed by atoms with Crippen LogP contribution in [0.4, 0.5) is 5.69 Å². The minimum absolute atomic E-state index is 0.0412. The zero-order valence-electron chi connectivity index (χ0n) is 34.1. The van der Waals surface area contributed by atoms with E-state index < -0.39 is 21.7 Å². The number of benzene rings is 3. The second kappa shape index (κ2) is 16.3. The van der Waals surface area contributed by atoms with E-state index in [1.54, 1.807) is 33.3 Å². The Kier molecular flexibility index (Phi) is 11.3. The van der Waals surface area contributed by atoms with Gasteiger partial charge in [-0.3, -0.25) is 19.0 Å². The fraction of sp³-hybridized carbons (Fsp3) is 0.457. The van der Waals surface area contributed by atoms with Crippen molar-refractivity contribution in [3.63, 3.8) is 0 Å². The monoisotopic (exact) mass is 823 g/mol. The number of fused-ring (bicyclic) bond motifs is 4. The highest BCUT2D eigenvalue weighted by Crippen LogP contribution is 2.47. The van der Waals surface area contributed by atoms with E-state index in [1.165, 1.54) is 21.4 Å². The van der Waals surface area contributed by atoms with Crippen molar-refractivity contribution in [3.05, 3.63) is 123 Å². The molecule has 2 aliphatic carbocycles. The SMILES string of the molecule is CO[C@H]1/C=C/C(Cc2ccc(C)cc2)[C@H](C)CS(=O)(NC(=O)c2cn(C)nc2C)=NC(=O)c2ccc3c(c2)N(C[C@@H]2CC[C@H]21)C[C@@]1(CCCc2cc(Cl)ccc21)CO3. The maximum absolute atomic E-state index is 15.2. The molecule has 4 aromatic rings. The summed E-state index contributed by atoms with van der Waals surface area (Å²) in [6.45, 7) is 7.76. The molecule has 8 rings (SSSR count). The average Bonchev–Trinajstić information content (AvgIpc) is 3.45. The Hall–Kier alpha value is -4.45. The number of aromatic nitrogens is 2. The minimum atomic E-state index is -3.66. The quantitative estimate of drug-likeness (QED) is 0.202. The fourth-order valence-electron chi connectivity index (χ4n) is 9.68. The summed E-state index contributed by atoms with van der Waals surface area (Å²) in [5.74, 6) is -0.293. The Labute approximate surface area is 347 Å². The summed E-state index contributed by atoms with van der Waals surface area (Å²) in [7, 11) is -0.150. The molecule has 3 aromatic carbocycles. The van der Waals surface area contributed by atoms with Crippen LogP contribution in [0.15, 0.2) is 83.4 Å². The molecule has 1 saturated carbocycles. The summed E-state index contributed by atoms with van der Waals surface area (Å²) in [5, 5.41) is 5.05. The molecule has 2 aliphatic heterocycles. The first-order valence-electron chi connectivity index (χ1n) is 20.5. The normalized spacial score (nSPS) is 28.9. The highest BCUT2D eigenvalue weighted by Gasteiger charge is 2.44. The van der Waals surface area contributed by atoms with Crippen molar-refractivity contribution in [2.45, 2.75) is 70.8 Å².